The highest BCUT2D eigenvalue weighted by atomic mass is 14.1. The molecule has 0 amide bonds. The van der Waals surface area contributed by atoms with E-state index in [-0.39, 0.29) is 0 Å². The quantitative estimate of drug-likeness (QED) is 0.294. The Morgan fingerprint density at radius 2 is 1.11 bits per heavy atom. The van der Waals surface area contributed by atoms with Gasteiger partial charge in [-0.1, -0.05) is 111 Å². The lowest BCUT2D eigenvalue weighted by Crippen LogP contribution is -1.94. The molecule has 109 valence electrons. The van der Waals surface area contributed by atoms with Gasteiger partial charge in [0.2, 0.25) is 0 Å². The average Bonchev–Trinajstić information content (AvgIpc) is 2.37. The van der Waals surface area contributed by atoms with E-state index >= 15 is 0 Å². The average molecular weight is 253 g/mol. The molecule has 0 N–H and O–H groups in total. The van der Waals surface area contributed by atoms with Gasteiger partial charge < -0.3 is 0 Å². The summed E-state index contributed by atoms with van der Waals surface area (Å²) >= 11 is 0. The van der Waals surface area contributed by atoms with Gasteiger partial charge in [0.05, 0.1) is 0 Å². The zero-order valence-corrected chi connectivity index (χ0v) is 13.2. The van der Waals surface area contributed by atoms with Crippen molar-refractivity contribution in [2.75, 3.05) is 0 Å². The van der Waals surface area contributed by atoms with Gasteiger partial charge in [-0.25, -0.2) is 0 Å². The first-order chi connectivity index (χ1) is 8.81. The van der Waals surface area contributed by atoms with E-state index < -0.39 is 0 Å². The molecule has 0 saturated heterocycles. The molecule has 0 aromatic carbocycles. The van der Waals surface area contributed by atoms with E-state index in [1.807, 2.05) is 0 Å². The van der Waals surface area contributed by atoms with Crippen molar-refractivity contribution in [3.63, 3.8) is 0 Å². The topological polar surface area (TPSA) is 0 Å². The number of rotatable bonds is 14. The Morgan fingerprint density at radius 1 is 0.667 bits per heavy atom. The lowest BCUT2D eigenvalue weighted by Gasteiger charge is -2.10. The van der Waals surface area contributed by atoms with Crippen molar-refractivity contribution in [3.8, 4) is 0 Å². The molecular formula is C18H37. The van der Waals surface area contributed by atoms with Crippen LogP contribution in [-0.2, 0) is 0 Å². The molecule has 0 saturated carbocycles. The van der Waals surface area contributed by atoms with Crippen molar-refractivity contribution < 1.29 is 0 Å². The minimum atomic E-state index is 0.945. The van der Waals surface area contributed by atoms with Crippen molar-refractivity contribution in [1.29, 1.82) is 0 Å². The highest BCUT2D eigenvalue weighted by Crippen LogP contribution is 2.17. The summed E-state index contributed by atoms with van der Waals surface area (Å²) in [7, 11) is 0. The Kier molecular flexibility index (Phi) is 15.1. The van der Waals surface area contributed by atoms with Crippen molar-refractivity contribution in [2.24, 2.45) is 5.92 Å². The van der Waals surface area contributed by atoms with Crippen LogP contribution in [0, 0.1) is 12.8 Å². The Labute approximate surface area is 117 Å². The van der Waals surface area contributed by atoms with Crippen molar-refractivity contribution in [1.82, 2.24) is 0 Å². The van der Waals surface area contributed by atoms with Gasteiger partial charge in [0.15, 0.2) is 0 Å². The van der Waals surface area contributed by atoms with Gasteiger partial charge >= 0.3 is 0 Å². The monoisotopic (exact) mass is 253 g/mol. The lowest BCUT2D eigenvalue weighted by atomic mass is 9.96. The standard InChI is InChI=1S/C18H37/c1-4-6-8-9-10-11-12-13-15-17-18(3)16-14-7-5-2/h18H,2,4-17H2,1,3H3. The van der Waals surface area contributed by atoms with E-state index in [2.05, 4.69) is 20.8 Å². The second-order valence-corrected chi connectivity index (χ2v) is 6.07. The summed E-state index contributed by atoms with van der Waals surface area (Å²) in [5, 5.41) is 0. The maximum atomic E-state index is 3.91. The minimum Gasteiger partial charge on any atom is -0.0654 e. The van der Waals surface area contributed by atoms with Crippen LogP contribution in [0.3, 0.4) is 0 Å². The van der Waals surface area contributed by atoms with Crippen LogP contribution in [0.4, 0.5) is 0 Å². The molecule has 0 aliphatic rings. The van der Waals surface area contributed by atoms with Gasteiger partial charge in [-0.15, -0.1) is 0 Å². The molecule has 0 heterocycles. The molecule has 0 aromatic rings. The largest absolute Gasteiger partial charge is 0.0654 e. The van der Waals surface area contributed by atoms with Crippen molar-refractivity contribution in [3.05, 3.63) is 6.92 Å². The number of hydrogen-bond donors (Lipinski definition) is 0. The smallest absolute Gasteiger partial charge is 0.0443 e. The highest BCUT2D eigenvalue weighted by molar-refractivity contribution is 4.55. The first-order valence-electron chi connectivity index (χ1n) is 8.60. The molecule has 18 heavy (non-hydrogen) atoms. The van der Waals surface area contributed by atoms with Crippen LogP contribution in [0.1, 0.15) is 104 Å². The SMILES string of the molecule is [CH2]CCCCC(C)CCCCCCCCCCC. The summed E-state index contributed by atoms with van der Waals surface area (Å²) in [6, 6.07) is 0. The van der Waals surface area contributed by atoms with Gasteiger partial charge in [0.1, 0.15) is 0 Å². The molecule has 1 unspecified atom stereocenters. The van der Waals surface area contributed by atoms with Crippen LogP contribution in [0.2, 0.25) is 0 Å². The molecule has 0 fully saturated rings. The second-order valence-electron chi connectivity index (χ2n) is 6.07. The molecule has 0 aromatic heterocycles. The maximum Gasteiger partial charge on any atom is -0.0443 e. The summed E-state index contributed by atoms with van der Waals surface area (Å²) in [6.45, 7) is 8.62. The van der Waals surface area contributed by atoms with Crippen LogP contribution in [0.25, 0.3) is 0 Å². The number of unbranched alkanes of at least 4 members (excludes halogenated alkanes) is 10. The van der Waals surface area contributed by atoms with E-state index in [0.717, 1.165) is 12.3 Å². The van der Waals surface area contributed by atoms with E-state index in [9.17, 15) is 0 Å². The van der Waals surface area contributed by atoms with Crippen LogP contribution < -0.4 is 0 Å². The van der Waals surface area contributed by atoms with Crippen molar-refractivity contribution in [2.45, 2.75) is 104 Å². The fourth-order valence-electron chi connectivity index (χ4n) is 2.62. The molecule has 0 aliphatic heterocycles. The second kappa shape index (κ2) is 15.1. The molecule has 0 aliphatic carbocycles. The van der Waals surface area contributed by atoms with E-state index in [0.29, 0.717) is 0 Å². The van der Waals surface area contributed by atoms with Gasteiger partial charge in [0, 0.05) is 0 Å². The summed E-state index contributed by atoms with van der Waals surface area (Å²) in [4.78, 5) is 0. The molecule has 0 heteroatoms. The van der Waals surface area contributed by atoms with E-state index in [4.69, 9.17) is 0 Å². The summed E-state index contributed by atoms with van der Waals surface area (Å²) in [6.07, 6.45) is 19.8. The lowest BCUT2D eigenvalue weighted by molar-refractivity contribution is 0.437. The summed E-state index contributed by atoms with van der Waals surface area (Å²) < 4.78 is 0. The summed E-state index contributed by atoms with van der Waals surface area (Å²) in [5.41, 5.74) is 0. The fraction of sp³-hybridized carbons (Fsp3) is 0.944. The van der Waals surface area contributed by atoms with Crippen LogP contribution in [-0.4, -0.2) is 0 Å². The zero-order valence-electron chi connectivity index (χ0n) is 13.2. The molecule has 0 rings (SSSR count). The first-order valence-corrected chi connectivity index (χ1v) is 8.60. The van der Waals surface area contributed by atoms with Gasteiger partial charge in [-0.2, -0.15) is 0 Å². The third kappa shape index (κ3) is 14.1. The van der Waals surface area contributed by atoms with Gasteiger partial charge in [-0.3, -0.25) is 0 Å². The molecule has 1 radical (unpaired) electrons. The molecule has 0 nitrogen and oxygen atoms in total. The highest BCUT2D eigenvalue weighted by Gasteiger charge is 2.01. The number of hydrogen-bond acceptors (Lipinski definition) is 0. The Balaban J connectivity index is 3.05. The van der Waals surface area contributed by atoms with E-state index in [1.165, 1.54) is 83.5 Å². The Bertz CT molecular complexity index is 139. The maximum absolute atomic E-state index is 3.91. The van der Waals surface area contributed by atoms with Gasteiger partial charge in [-0.05, 0) is 5.92 Å². The third-order valence-corrected chi connectivity index (χ3v) is 4.00. The Morgan fingerprint density at radius 3 is 1.61 bits per heavy atom. The van der Waals surface area contributed by atoms with Gasteiger partial charge in [0.25, 0.3) is 0 Å². The predicted octanol–water partition coefficient (Wildman–Crippen LogP) is 6.94. The van der Waals surface area contributed by atoms with Crippen LogP contribution in [0.5, 0.6) is 0 Å². The fourth-order valence-corrected chi connectivity index (χ4v) is 2.62. The first kappa shape index (κ1) is 18.0. The summed E-state index contributed by atoms with van der Waals surface area (Å²) in [5.74, 6) is 0.945. The minimum absolute atomic E-state index is 0.945. The third-order valence-electron chi connectivity index (χ3n) is 4.00. The molecule has 1 atom stereocenters. The Hall–Kier alpha value is 0. The van der Waals surface area contributed by atoms with Crippen molar-refractivity contribution >= 4 is 0 Å². The van der Waals surface area contributed by atoms with E-state index in [1.54, 1.807) is 0 Å². The predicted molar refractivity (Wildman–Crippen MR) is 84.8 cm³/mol. The molecular weight excluding hydrogens is 216 g/mol. The zero-order chi connectivity index (χ0) is 13.5. The normalized spacial score (nSPS) is 12.8. The molecule has 0 bridgehead atoms. The van der Waals surface area contributed by atoms with Crippen LogP contribution >= 0.6 is 0 Å². The molecule has 0 spiro atoms. The van der Waals surface area contributed by atoms with Crippen LogP contribution in [0.15, 0.2) is 0 Å².